The Kier molecular flexibility index (Phi) is 5.15. The third kappa shape index (κ3) is 4.32. The lowest BCUT2D eigenvalue weighted by atomic mass is 9.96. The van der Waals surface area contributed by atoms with Crippen molar-refractivity contribution in [2.24, 2.45) is 5.92 Å². The van der Waals surface area contributed by atoms with E-state index in [0.29, 0.717) is 17.3 Å². The number of amides is 1. The SMILES string of the molecule is C=C(Cl)CN1CCC(C(=O)Nc2ccc(F)cc2)CC1. The summed E-state index contributed by atoms with van der Waals surface area (Å²) in [5.74, 6) is -0.307. The average molecular weight is 297 g/mol. The molecule has 1 aliphatic rings. The van der Waals surface area contributed by atoms with Crippen LogP contribution in [0.3, 0.4) is 0 Å². The highest BCUT2D eigenvalue weighted by Crippen LogP contribution is 2.20. The first kappa shape index (κ1) is 15.0. The number of likely N-dealkylation sites (tertiary alicyclic amines) is 1. The summed E-state index contributed by atoms with van der Waals surface area (Å²) in [6.45, 7) is 6.04. The number of nitrogens with zero attached hydrogens (tertiary/aromatic N) is 1. The van der Waals surface area contributed by atoms with E-state index in [1.54, 1.807) is 12.1 Å². The molecule has 0 atom stereocenters. The maximum Gasteiger partial charge on any atom is 0.227 e. The molecule has 1 fully saturated rings. The summed E-state index contributed by atoms with van der Waals surface area (Å²) in [6.07, 6.45) is 1.61. The molecule has 1 saturated heterocycles. The van der Waals surface area contributed by atoms with Crippen LogP contribution in [0.15, 0.2) is 35.9 Å². The van der Waals surface area contributed by atoms with Gasteiger partial charge in [0.1, 0.15) is 5.82 Å². The third-order valence-electron chi connectivity index (χ3n) is 3.47. The summed E-state index contributed by atoms with van der Waals surface area (Å²) in [4.78, 5) is 14.3. The molecule has 2 rings (SSSR count). The van der Waals surface area contributed by atoms with Gasteiger partial charge in [0, 0.05) is 23.2 Å². The van der Waals surface area contributed by atoms with E-state index in [2.05, 4.69) is 16.8 Å². The van der Waals surface area contributed by atoms with Crippen LogP contribution in [0.1, 0.15) is 12.8 Å². The van der Waals surface area contributed by atoms with Crippen LogP contribution in [0.4, 0.5) is 10.1 Å². The Hall–Kier alpha value is -1.39. The number of hydrogen-bond donors (Lipinski definition) is 1. The van der Waals surface area contributed by atoms with Crippen LogP contribution in [0.25, 0.3) is 0 Å². The van der Waals surface area contributed by atoms with E-state index in [1.165, 1.54) is 12.1 Å². The fourth-order valence-corrected chi connectivity index (χ4v) is 2.54. The standard InChI is InChI=1S/C15H18ClFN2O/c1-11(16)10-19-8-6-12(7-9-19)15(20)18-14-4-2-13(17)3-5-14/h2-5,12H,1,6-10H2,(H,18,20). The van der Waals surface area contributed by atoms with Crippen LogP contribution < -0.4 is 5.32 Å². The number of carbonyl (C=O) groups excluding carboxylic acids is 1. The molecule has 20 heavy (non-hydrogen) atoms. The van der Waals surface area contributed by atoms with Crippen LogP contribution in [-0.2, 0) is 4.79 Å². The third-order valence-corrected chi connectivity index (χ3v) is 3.58. The molecule has 0 aliphatic carbocycles. The van der Waals surface area contributed by atoms with Gasteiger partial charge < -0.3 is 5.32 Å². The van der Waals surface area contributed by atoms with Gasteiger partial charge in [-0.2, -0.15) is 0 Å². The van der Waals surface area contributed by atoms with Gasteiger partial charge >= 0.3 is 0 Å². The van der Waals surface area contributed by atoms with Crippen LogP contribution >= 0.6 is 11.6 Å². The minimum atomic E-state index is -0.308. The molecule has 1 heterocycles. The van der Waals surface area contributed by atoms with Crippen molar-refractivity contribution < 1.29 is 9.18 Å². The summed E-state index contributed by atoms with van der Waals surface area (Å²) >= 11 is 5.78. The Balaban J connectivity index is 1.82. The van der Waals surface area contributed by atoms with Crippen molar-refractivity contribution >= 4 is 23.2 Å². The number of nitrogens with one attached hydrogen (secondary N) is 1. The molecule has 3 nitrogen and oxygen atoms in total. The molecule has 0 bridgehead atoms. The molecule has 1 aromatic carbocycles. The highest BCUT2D eigenvalue weighted by molar-refractivity contribution is 6.29. The number of rotatable bonds is 4. The molecule has 108 valence electrons. The molecule has 0 unspecified atom stereocenters. The summed E-state index contributed by atoms with van der Waals surface area (Å²) in [5.41, 5.74) is 0.632. The first-order valence-corrected chi connectivity index (χ1v) is 7.04. The lowest BCUT2D eigenvalue weighted by Crippen LogP contribution is -2.38. The predicted octanol–water partition coefficient (Wildman–Crippen LogP) is 3.23. The normalized spacial score (nSPS) is 16.9. The van der Waals surface area contributed by atoms with Gasteiger partial charge in [-0.3, -0.25) is 9.69 Å². The molecule has 1 aliphatic heterocycles. The second-order valence-corrected chi connectivity index (χ2v) is 5.60. The molecular weight excluding hydrogens is 279 g/mol. The number of benzene rings is 1. The first-order valence-electron chi connectivity index (χ1n) is 6.66. The van der Waals surface area contributed by atoms with Crippen molar-refractivity contribution in [1.29, 1.82) is 0 Å². The quantitative estimate of drug-likeness (QED) is 0.925. The van der Waals surface area contributed by atoms with Crippen LogP contribution in [-0.4, -0.2) is 30.4 Å². The second kappa shape index (κ2) is 6.86. The van der Waals surface area contributed by atoms with E-state index < -0.39 is 0 Å². The van der Waals surface area contributed by atoms with Crippen molar-refractivity contribution in [2.45, 2.75) is 12.8 Å². The molecule has 0 aromatic heterocycles. The average Bonchev–Trinajstić information content (AvgIpc) is 2.41. The van der Waals surface area contributed by atoms with Gasteiger partial charge in [-0.15, -0.1) is 0 Å². The Morgan fingerprint density at radius 2 is 1.95 bits per heavy atom. The van der Waals surface area contributed by atoms with Crippen molar-refractivity contribution in [3.05, 3.63) is 41.7 Å². The fourth-order valence-electron chi connectivity index (χ4n) is 2.37. The van der Waals surface area contributed by atoms with E-state index in [-0.39, 0.29) is 17.6 Å². The monoisotopic (exact) mass is 296 g/mol. The molecule has 1 aromatic rings. The Bertz CT molecular complexity index is 481. The second-order valence-electron chi connectivity index (χ2n) is 5.06. The van der Waals surface area contributed by atoms with Crippen LogP contribution in [0.2, 0.25) is 0 Å². The zero-order valence-electron chi connectivity index (χ0n) is 11.2. The number of carbonyl (C=O) groups is 1. The summed E-state index contributed by atoms with van der Waals surface area (Å²) in [5, 5.41) is 3.45. The van der Waals surface area contributed by atoms with Gasteiger partial charge in [-0.25, -0.2) is 4.39 Å². The Morgan fingerprint density at radius 3 is 2.50 bits per heavy atom. The topological polar surface area (TPSA) is 32.3 Å². The fraction of sp³-hybridized carbons (Fsp3) is 0.400. The number of piperidine rings is 1. The van der Waals surface area contributed by atoms with Gasteiger partial charge in [0.25, 0.3) is 0 Å². The first-order chi connectivity index (χ1) is 9.54. The van der Waals surface area contributed by atoms with E-state index in [0.717, 1.165) is 25.9 Å². The van der Waals surface area contributed by atoms with Crippen molar-refractivity contribution in [3.63, 3.8) is 0 Å². The van der Waals surface area contributed by atoms with Crippen molar-refractivity contribution in [3.8, 4) is 0 Å². The van der Waals surface area contributed by atoms with Crippen LogP contribution in [0, 0.1) is 11.7 Å². The molecule has 0 radical (unpaired) electrons. The minimum absolute atomic E-state index is 0.0000983. The Labute approximate surface area is 123 Å². The minimum Gasteiger partial charge on any atom is -0.326 e. The number of hydrogen-bond acceptors (Lipinski definition) is 2. The molecule has 0 saturated carbocycles. The van der Waals surface area contributed by atoms with Gasteiger partial charge in [0.05, 0.1) is 0 Å². The number of anilines is 1. The van der Waals surface area contributed by atoms with E-state index in [1.807, 2.05) is 0 Å². The highest BCUT2D eigenvalue weighted by atomic mass is 35.5. The predicted molar refractivity (Wildman–Crippen MR) is 79.2 cm³/mol. The summed E-state index contributed by atoms with van der Waals surface area (Å²) < 4.78 is 12.8. The Morgan fingerprint density at radius 1 is 1.35 bits per heavy atom. The highest BCUT2D eigenvalue weighted by Gasteiger charge is 2.24. The zero-order valence-corrected chi connectivity index (χ0v) is 12.0. The summed E-state index contributed by atoms with van der Waals surface area (Å²) in [6, 6.07) is 5.81. The van der Waals surface area contributed by atoms with Crippen LogP contribution in [0.5, 0.6) is 0 Å². The van der Waals surface area contributed by atoms with E-state index in [9.17, 15) is 9.18 Å². The van der Waals surface area contributed by atoms with E-state index >= 15 is 0 Å². The maximum absolute atomic E-state index is 12.8. The van der Waals surface area contributed by atoms with Gasteiger partial charge in [-0.05, 0) is 50.2 Å². The van der Waals surface area contributed by atoms with Gasteiger partial charge in [0.15, 0.2) is 0 Å². The lowest BCUT2D eigenvalue weighted by molar-refractivity contribution is -0.121. The molecule has 0 spiro atoms. The molecule has 1 N–H and O–H groups in total. The number of halogens is 2. The molecular formula is C15H18ClFN2O. The zero-order chi connectivity index (χ0) is 14.5. The van der Waals surface area contributed by atoms with Gasteiger partial charge in [0.2, 0.25) is 5.91 Å². The van der Waals surface area contributed by atoms with Crippen molar-refractivity contribution in [2.75, 3.05) is 25.0 Å². The van der Waals surface area contributed by atoms with Gasteiger partial charge in [-0.1, -0.05) is 18.2 Å². The lowest BCUT2D eigenvalue weighted by Gasteiger charge is -2.30. The molecule has 5 heteroatoms. The molecule has 1 amide bonds. The van der Waals surface area contributed by atoms with E-state index in [4.69, 9.17) is 11.6 Å². The largest absolute Gasteiger partial charge is 0.326 e. The smallest absolute Gasteiger partial charge is 0.227 e. The van der Waals surface area contributed by atoms with Crippen molar-refractivity contribution in [1.82, 2.24) is 4.90 Å². The maximum atomic E-state index is 12.8. The summed E-state index contributed by atoms with van der Waals surface area (Å²) in [7, 11) is 0.